The average Bonchev–Trinajstić information content (AvgIpc) is 2.65. The highest BCUT2D eigenvalue weighted by molar-refractivity contribution is 7.12. The summed E-state index contributed by atoms with van der Waals surface area (Å²) in [6.45, 7) is 5.12. The van der Waals surface area contributed by atoms with Crippen LogP contribution in [-0.2, 0) is 4.74 Å². The molecule has 1 aliphatic heterocycles. The van der Waals surface area contributed by atoms with E-state index in [2.05, 4.69) is 26.0 Å². The van der Waals surface area contributed by atoms with Crippen LogP contribution in [0.2, 0.25) is 0 Å². The number of hydrogen-bond acceptors (Lipinski definition) is 3. The Morgan fingerprint density at radius 2 is 2.27 bits per heavy atom. The molecule has 0 amide bonds. The highest BCUT2D eigenvalue weighted by Crippen LogP contribution is 2.37. The summed E-state index contributed by atoms with van der Waals surface area (Å²) in [6.07, 6.45) is 3.48. The molecule has 84 valence electrons. The van der Waals surface area contributed by atoms with Gasteiger partial charge in [0.15, 0.2) is 0 Å². The minimum atomic E-state index is -0.157. The third-order valence-corrected chi connectivity index (χ3v) is 4.31. The second-order valence-corrected chi connectivity index (χ2v) is 5.86. The molecule has 2 atom stereocenters. The van der Waals surface area contributed by atoms with Crippen molar-refractivity contribution in [1.82, 2.24) is 0 Å². The fourth-order valence-electron chi connectivity index (χ4n) is 2.12. The minimum absolute atomic E-state index is 0.0245. The van der Waals surface area contributed by atoms with Crippen LogP contribution in [0.4, 0.5) is 0 Å². The number of rotatable bonds is 2. The zero-order chi connectivity index (χ0) is 10.9. The number of aryl methyl sites for hydroxylation is 1. The van der Waals surface area contributed by atoms with Crippen molar-refractivity contribution in [2.75, 3.05) is 6.61 Å². The maximum absolute atomic E-state index is 6.30. The summed E-state index contributed by atoms with van der Waals surface area (Å²) in [7, 11) is 0. The van der Waals surface area contributed by atoms with Crippen molar-refractivity contribution in [2.45, 2.75) is 44.8 Å². The first kappa shape index (κ1) is 11.1. The van der Waals surface area contributed by atoms with Crippen LogP contribution >= 0.6 is 11.3 Å². The fraction of sp³-hybridized carbons (Fsp3) is 0.667. The quantitative estimate of drug-likeness (QED) is 0.839. The summed E-state index contributed by atoms with van der Waals surface area (Å²) in [4.78, 5) is 2.57. The van der Waals surface area contributed by atoms with Gasteiger partial charge in [-0.05, 0) is 45.2 Å². The van der Waals surface area contributed by atoms with E-state index in [9.17, 15) is 0 Å². The molecule has 2 unspecified atom stereocenters. The molecule has 1 aliphatic rings. The second-order valence-electron chi connectivity index (χ2n) is 4.54. The normalized spacial score (nSPS) is 29.0. The summed E-state index contributed by atoms with van der Waals surface area (Å²) < 4.78 is 5.87. The molecule has 15 heavy (non-hydrogen) atoms. The summed E-state index contributed by atoms with van der Waals surface area (Å²) in [6, 6.07) is 4.29. The van der Waals surface area contributed by atoms with Crippen molar-refractivity contribution in [3.05, 3.63) is 21.9 Å². The van der Waals surface area contributed by atoms with Crippen LogP contribution < -0.4 is 5.73 Å². The predicted octanol–water partition coefficient (Wildman–Crippen LogP) is 3.02. The van der Waals surface area contributed by atoms with E-state index in [1.54, 1.807) is 11.3 Å². The lowest BCUT2D eigenvalue weighted by Crippen LogP contribution is -2.43. The van der Waals surface area contributed by atoms with Gasteiger partial charge in [0.2, 0.25) is 0 Å². The topological polar surface area (TPSA) is 35.2 Å². The number of ether oxygens (including phenoxy) is 1. The molecule has 3 heteroatoms. The molecule has 1 fully saturated rings. The molecular weight excluding hydrogens is 206 g/mol. The monoisotopic (exact) mass is 225 g/mol. The maximum Gasteiger partial charge on any atom is 0.0854 e. The maximum atomic E-state index is 6.30. The largest absolute Gasteiger partial charge is 0.373 e. The molecule has 2 nitrogen and oxygen atoms in total. The van der Waals surface area contributed by atoms with Gasteiger partial charge in [0.25, 0.3) is 0 Å². The van der Waals surface area contributed by atoms with E-state index in [1.165, 1.54) is 22.6 Å². The summed E-state index contributed by atoms with van der Waals surface area (Å²) in [5.74, 6) is 0. The van der Waals surface area contributed by atoms with Crippen molar-refractivity contribution < 1.29 is 4.74 Å². The minimum Gasteiger partial charge on any atom is -0.373 e. The van der Waals surface area contributed by atoms with Gasteiger partial charge in [-0.2, -0.15) is 0 Å². The molecule has 0 aliphatic carbocycles. The Bertz CT molecular complexity index is 328. The Hall–Kier alpha value is -0.380. The van der Waals surface area contributed by atoms with Crippen LogP contribution in [0.5, 0.6) is 0 Å². The Labute approximate surface area is 95.4 Å². The summed E-state index contributed by atoms with van der Waals surface area (Å²) in [5.41, 5.74) is 6.15. The van der Waals surface area contributed by atoms with Gasteiger partial charge in [-0.3, -0.25) is 0 Å². The molecule has 0 saturated carbocycles. The lowest BCUT2D eigenvalue weighted by molar-refractivity contribution is -0.0814. The van der Waals surface area contributed by atoms with Crippen LogP contribution in [-0.4, -0.2) is 12.2 Å². The van der Waals surface area contributed by atoms with E-state index >= 15 is 0 Å². The first-order valence-corrected chi connectivity index (χ1v) is 6.39. The highest BCUT2D eigenvalue weighted by atomic mass is 32.1. The molecule has 0 bridgehead atoms. The molecular formula is C12H19NOS. The lowest BCUT2D eigenvalue weighted by atomic mass is 9.88. The number of nitrogens with two attached hydrogens (primary N) is 1. The van der Waals surface area contributed by atoms with Gasteiger partial charge in [0.1, 0.15) is 0 Å². The number of hydrogen-bond donors (Lipinski definition) is 1. The van der Waals surface area contributed by atoms with Gasteiger partial charge >= 0.3 is 0 Å². The standard InChI is InChI=1S/C12H19NOS/c1-9-5-6-10(15-9)11(13)12(2)7-3-4-8-14-12/h5-6,11H,3-4,7-8,13H2,1-2H3. The Morgan fingerprint density at radius 1 is 1.47 bits per heavy atom. The fourth-order valence-corrected chi connectivity index (χ4v) is 3.14. The Kier molecular flexibility index (Phi) is 3.14. The van der Waals surface area contributed by atoms with E-state index in [1.807, 2.05) is 0 Å². The molecule has 1 aromatic rings. The zero-order valence-electron chi connectivity index (χ0n) is 9.45. The molecule has 2 rings (SSSR count). The third-order valence-electron chi connectivity index (χ3n) is 3.22. The van der Waals surface area contributed by atoms with Crippen LogP contribution in [0.25, 0.3) is 0 Å². The van der Waals surface area contributed by atoms with Gasteiger partial charge in [-0.1, -0.05) is 0 Å². The van der Waals surface area contributed by atoms with Crippen LogP contribution in [0.3, 0.4) is 0 Å². The van der Waals surface area contributed by atoms with Crippen molar-refractivity contribution in [2.24, 2.45) is 5.73 Å². The van der Waals surface area contributed by atoms with Gasteiger partial charge in [0, 0.05) is 16.4 Å². The van der Waals surface area contributed by atoms with E-state index < -0.39 is 0 Å². The lowest BCUT2D eigenvalue weighted by Gasteiger charge is -2.38. The third kappa shape index (κ3) is 2.25. The highest BCUT2D eigenvalue weighted by Gasteiger charge is 2.36. The van der Waals surface area contributed by atoms with Crippen molar-refractivity contribution in [3.8, 4) is 0 Å². The van der Waals surface area contributed by atoms with E-state index in [-0.39, 0.29) is 11.6 Å². The van der Waals surface area contributed by atoms with Gasteiger partial charge < -0.3 is 10.5 Å². The van der Waals surface area contributed by atoms with Crippen LogP contribution in [0, 0.1) is 6.92 Å². The van der Waals surface area contributed by atoms with Gasteiger partial charge in [-0.15, -0.1) is 11.3 Å². The van der Waals surface area contributed by atoms with Gasteiger partial charge in [0.05, 0.1) is 11.6 Å². The summed E-state index contributed by atoms with van der Waals surface area (Å²) >= 11 is 1.78. The van der Waals surface area contributed by atoms with Gasteiger partial charge in [-0.25, -0.2) is 0 Å². The van der Waals surface area contributed by atoms with Crippen LogP contribution in [0.1, 0.15) is 42.0 Å². The molecule has 2 heterocycles. The van der Waals surface area contributed by atoms with E-state index in [4.69, 9.17) is 10.5 Å². The first-order valence-electron chi connectivity index (χ1n) is 5.58. The van der Waals surface area contributed by atoms with Crippen molar-refractivity contribution >= 4 is 11.3 Å². The van der Waals surface area contributed by atoms with E-state index in [0.29, 0.717) is 0 Å². The SMILES string of the molecule is Cc1ccc(C(N)C2(C)CCCCO2)s1. The molecule has 1 aromatic heterocycles. The molecule has 0 radical (unpaired) electrons. The molecule has 0 spiro atoms. The second kappa shape index (κ2) is 4.24. The van der Waals surface area contributed by atoms with Crippen LogP contribution in [0.15, 0.2) is 12.1 Å². The Balaban J connectivity index is 2.15. The van der Waals surface area contributed by atoms with E-state index in [0.717, 1.165) is 13.0 Å². The zero-order valence-corrected chi connectivity index (χ0v) is 10.3. The predicted molar refractivity (Wildman–Crippen MR) is 64.2 cm³/mol. The molecule has 2 N–H and O–H groups in total. The summed E-state index contributed by atoms with van der Waals surface area (Å²) in [5, 5.41) is 0. The average molecular weight is 225 g/mol. The first-order chi connectivity index (χ1) is 7.12. The van der Waals surface area contributed by atoms with Crippen molar-refractivity contribution in [3.63, 3.8) is 0 Å². The Morgan fingerprint density at radius 3 is 2.80 bits per heavy atom. The number of thiophene rings is 1. The van der Waals surface area contributed by atoms with Crippen molar-refractivity contribution in [1.29, 1.82) is 0 Å². The smallest absolute Gasteiger partial charge is 0.0854 e. The molecule has 1 saturated heterocycles. The molecule has 0 aromatic carbocycles.